The summed E-state index contributed by atoms with van der Waals surface area (Å²) in [5.74, 6) is 0.293. The van der Waals surface area contributed by atoms with Gasteiger partial charge in [0.25, 0.3) is 11.3 Å². The van der Waals surface area contributed by atoms with Crippen LogP contribution in [0.15, 0.2) is 208 Å². The Morgan fingerprint density at radius 2 is 0.935 bits per heavy atom. The van der Waals surface area contributed by atoms with Crippen molar-refractivity contribution in [3.63, 3.8) is 0 Å². The maximum absolute atomic E-state index is 14.1. The first-order valence-corrected chi connectivity index (χ1v) is 33.8. The number of anilines is 6. The van der Waals surface area contributed by atoms with E-state index >= 15 is 0 Å². The van der Waals surface area contributed by atoms with Gasteiger partial charge >= 0.3 is 0 Å². The van der Waals surface area contributed by atoms with Crippen molar-refractivity contribution in [2.45, 2.75) is 34.1 Å². The Morgan fingerprint density at radius 3 is 1.43 bits per heavy atom. The molecule has 1 aliphatic rings. The SMILES string of the molecule is CCN1C(=O)/C(=N\c2ncc(-c3sc(N(c4ccc(C)cc4)c4ccc(Cc5ccc6cc7c(=O)c(=O)/c(=N\c8ncc(-c9sc(N(c%10ccc(C)cc%10)c%10ccc(C)cc%10)c%10ccccc9%10)c9nsnc89)c7cc6c5)cc4)c4ccccc34)c3nsnc23)SC1=S. The molecule has 15 aromatic rings. The third-order valence-electron chi connectivity index (χ3n) is 16.7. The number of pyridine rings is 2. The highest BCUT2D eigenvalue weighted by atomic mass is 32.2. The number of carbonyl (C=O) groups excluding carboxylic acids is 1. The van der Waals surface area contributed by atoms with Gasteiger partial charge in [0.1, 0.15) is 41.7 Å². The molecule has 14 nitrogen and oxygen atoms in total. The summed E-state index contributed by atoms with van der Waals surface area (Å²) in [7, 11) is 0. The zero-order valence-corrected chi connectivity index (χ0v) is 54.3. The molecule has 7 heterocycles. The van der Waals surface area contributed by atoms with E-state index in [0.717, 1.165) is 126 Å². The summed E-state index contributed by atoms with van der Waals surface area (Å²) in [6.07, 6.45) is 4.17. The first kappa shape index (κ1) is 57.2. The predicted molar refractivity (Wildman–Crippen MR) is 385 cm³/mol. The molecule has 1 saturated heterocycles. The van der Waals surface area contributed by atoms with Crippen molar-refractivity contribution in [2.75, 3.05) is 16.3 Å². The zero-order valence-electron chi connectivity index (χ0n) is 49.4. The average Bonchev–Trinajstić information content (AvgIpc) is 1.60. The molecule has 0 spiro atoms. The number of benzene rings is 8. The fourth-order valence-electron chi connectivity index (χ4n) is 12.0. The Labute approximate surface area is 551 Å². The molecule has 0 radical (unpaired) electrons. The van der Waals surface area contributed by atoms with Crippen LogP contribution in [-0.4, -0.2) is 54.2 Å². The molecule has 1 fully saturated rings. The Hall–Kier alpha value is -9.93. The van der Waals surface area contributed by atoms with Gasteiger partial charge < -0.3 is 9.80 Å². The van der Waals surface area contributed by atoms with Gasteiger partial charge in [0.05, 0.1) is 23.5 Å². The number of fused-ring (bicyclic) bond motifs is 6. The molecule has 92 heavy (non-hydrogen) atoms. The van der Waals surface area contributed by atoms with E-state index in [4.69, 9.17) is 40.3 Å². The maximum atomic E-state index is 14.1. The topological polar surface area (TPSA) is 163 Å². The molecule has 6 aromatic heterocycles. The van der Waals surface area contributed by atoms with E-state index in [1.54, 1.807) is 41.1 Å². The molecule has 444 valence electrons. The highest BCUT2D eigenvalue weighted by molar-refractivity contribution is 8.35. The smallest absolute Gasteiger partial charge is 0.285 e. The summed E-state index contributed by atoms with van der Waals surface area (Å²) in [6.45, 7) is 8.61. The fourth-order valence-corrected chi connectivity index (χ4v) is 17.0. The van der Waals surface area contributed by atoms with Gasteiger partial charge in [0, 0.05) is 94.9 Å². The van der Waals surface area contributed by atoms with E-state index in [1.165, 1.54) is 27.8 Å². The number of aromatic nitrogens is 6. The van der Waals surface area contributed by atoms with E-state index in [1.807, 2.05) is 31.2 Å². The Bertz CT molecular complexity index is 5690. The van der Waals surface area contributed by atoms with E-state index < -0.39 is 10.9 Å². The lowest BCUT2D eigenvalue weighted by Crippen LogP contribution is -2.30. The zero-order chi connectivity index (χ0) is 62.5. The largest absolute Gasteiger partial charge is 0.301 e. The van der Waals surface area contributed by atoms with Gasteiger partial charge in [-0.1, -0.05) is 144 Å². The Balaban J connectivity index is 0.723. The third kappa shape index (κ3) is 9.88. The molecule has 20 heteroatoms. The van der Waals surface area contributed by atoms with Crippen LogP contribution < -0.4 is 26.0 Å². The summed E-state index contributed by atoms with van der Waals surface area (Å²) in [6, 6.07) is 60.9. The first-order valence-electron chi connectivity index (χ1n) is 29.5. The van der Waals surface area contributed by atoms with Crippen molar-refractivity contribution in [2.24, 2.45) is 9.98 Å². The van der Waals surface area contributed by atoms with Gasteiger partial charge in [-0.3, -0.25) is 19.3 Å². The van der Waals surface area contributed by atoms with Gasteiger partial charge in [-0.05, 0) is 128 Å². The van der Waals surface area contributed by atoms with Crippen LogP contribution in [0.25, 0.3) is 86.0 Å². The first-order chi connectivity index (χ1) is 44.9. The number of nitrogens with zero attached hydrogens (tertiary/aromatic N) is 11. The highest BCUT2D eigenvalue weighted by Gasteiger charge is 2.34. The number of thiocarbonyl (C=S) groups is 1. The van der Waals surface area contributed by atoms with E-state index in [9.17, 15) is 14.4 Å². The van der Waals surface area contributed by atoms with Gasteiger partial charge in [-0.2, -0.15) is 17.5 Å². The molecule has 0 atom stereocenters. The van der Waals surface area contributed by atoms with Gasteiger partial charge in [-0.15, -0.1) is 22.7 Å². The van der Waals surface area contributed by atoms with Gasteiger partial charge in [-0.25, -0.2) is 20.0 Å². The van der Waals surface area contributed by atoms with Crippen LogP contribution in [0.1, 0.15) is 34.7 Å². The van der Waals surface area contributed by atoms with Crippen molar-refractivity contribution in [3.8, 4) is 20.9 Å². The number of thiophene rings is 2. The number of thioether (sulfide) groups is 1. The molecule has 9 aromatic carbocycles. The standard InChI is InChI=1S/C72H47N11O3S6/c1-5-81-69(86)68(90-72(81)87)76-67-61-58(78-92-80-61)56(37-74-67)65-50-11-7-9-13-52(50)71(89-65)83(47-28-18-40(4)19-29-47)48-30-21-41(22-31-48)32-42-20-23-43-34-54-53(35-44(43)33-42)59(63(85)62(54)84)75-66-60-57(77-91-79-60)55(36-73-66)64-49-10-6-8-12-51(49)70(88-64)82(45-24-14-38(2)15-25-45)46-26-16-39(3)17-27-46/h6-31,33-37H,5,32H2,1-4H3/b75-59-,76-68+. The second-order valence-electron chi connectivity index (χ2n) is 22.5. The van der Waals surface area contributed by atoms with Crippen LogP contribution in [0.3, 0.4) is 0 Å². The summed E-state index contributed by atoms with van der Waals surface area (Å²) in [4.78, 5) is 68.4. The second-order valence-corrected chi connectivity index (χ2v) is 27.2. The number of aryl methyl sites for hydroxylation is 3. The predicted octanol–water partition coefficient (Wildman–Crippen LogP) is 17.8. The lowest BCUT2D eigenvalue weighted by molar-refractivity contribution is -0.119. The number of hydrogen-bond donors (Lipinski definition) is 0. The highest BCUT2D eigenvalue weighted by Crippen LogP contribution is 2.52. The molecule has 0 unspecified atom stereocenters. The second kappa shape index (κ2) is 23.1. The molecule has 1 aliphatic heterocycles. The summed E-state index contributed by atoms with van der Waals surface area (Å²) in [5, 5.41) is 9.02. The number of rotatable bonds is 13. The summed E-state index contributed by atoms with van der Waals surface area (Å²) >= 11 is 12.1. The number of carbonyl (C=O) groups is 1. The van der Waals surface area contributed by atoms with Crippen molar-refractivity contribution in [3.05, 3.63) is 242 Å². The van der Waals surface area contributed by atoms with Crippen LogP contribution in [0.2, 0.25) is 0 Å². The molecule has 0 aliphatic carbocycles. The van der Waals surface area contributed by atoms with E-state index in [0.29, 0.717) is 55.9 Å². The van der Waals surface area contributed by atoms with Crippen LogP contribution in [0, 0.1) is 20.8 Å². The lowest BCUT2D eigenvalue weighted by Gasteiger charge is -2.25. The molecule has 1 amide bonds. The van der Waals surface area contributed by atoms with Crippen molar-refractivity contribution in [1.29, 1.82) is 0 Å². The average molecular weight is 1310 g/mol. The summed E-state index contributed by atoms with van der Waals surface area (Å²) < 4.78 is 19.4. The monoisotopic (exact) mass is 1310 g/mol. The lowest BCUT2D eigenvalue weighted by atomic mass is 9.99. The molecule has 0 bridgehead atoms. The van der Waals surface area contributed by atoms with Crippen molar-refractivity contribution in [1.82, 2.24) is 32.4 Å². The quantitative estimate of drug-likeness (QED) is 0.0792. The Kier molecular flexibility index (Phi) is 14.4. The molecule has 0 N–H and O–H groups in total. The number of amides is 1. The van der Waals surface area contributed by atoms with E-state index in [2.05, 4.69) is 186 Å². The van der Waals surface area contributed by atoms with Crippen LogP contribution in [0.4, 0.5) is 44.4 Å². The molecular weight excluding hydrogens is 1260 g/mol. The third-order valence-corrected chi connectivity index (χ3v) is 21.5. The van der Waals surface area contributed by atoms with Crippen molar-refractivity contribution >= 4 is 195 Å². The van der Waals surface area contributed by atoms with Gasteiger partial charge in [0.2, 0.25) is 5.43 Å². The van der Waals surface area contributed by atoms with Crippen LogP contribution in [0.5, 0.6) is 0 Å². The van der Waals surface area contributed by atoms with Crippen LogP contribution >= 0.6 is 70.1 Å². The normalized spacial score (nSPS) is 13.5. The number of aliphatic imine (C=N–C) groups is 1. The maximum Gasteiger partial charge on any atom is 0.285 e. The summed E-state index contributed by atoms with van der Waals surface area (Å²) in [5.41, 5.74) is 12.2. The molecular formula is C72H47N11O3S6. The fraction of sp³-hybridized carbons (Fsp3) is 0.0833. The Morgan fingerprint density at radius 1 is 0.478 bits per heavy atom. The van der Waals surface area contributed by atoms with Gasteiger partial charge in [0.15, 0.2) is 16.7 Å². The molecule has 16 rings (SSSR count). The van der Waals surface area contributed by atoms with Crippen molar-refractivity contribution < 1.29 is 4.79 Å². The van der Waals surface area contributed by atoms with E-state index in [-0.39, 0.29) is 22.1 Å². The minimum atomic E-state index is -0.690. The minimum Gasteiger partial charge on any atom is -0.301 e. The minimum absolute atomic E-state index is 0.0298. The number of hydrogen-bond acceptors (Lipinski definition) is 19. The molecule has 0 saturated carbocycles. The van der Waals surface area contributed by atoms with Crippen LogP contribution in [-0.2, 0) is 11.2 Å².